The molecule has 2 N–H and O–H groups in total. The van der Waals surface area contributed by atoms with Gasteiger partial charge >= 0.3 is 5.97 Å². The number of carbonyl (C=O) groups excluding carboxylic acids is 3. The van der Waals surface area contributed by atoms with Crippen LogP contribution in [0.2, 0.25) is 0 Å². The van der Waals surface area contributed by atoms with E-state index in [4.69, 9.17) is 0 Å². The Hall–Kier alpha value is -2.67. The quantitative estimate of drug-likeness (QED) is 0.704. The van der Waals surface area contributed by atoms with Gasteiger partial charge in [0.25, 0.3) is 5.91 Å². The van der Waals surface area contributed by atoms with Crippen molar-refractivity contribution in [1.29, 1.82) is 0 Å². The fraction of sp³-hybridized carbons (Fsp3) is 0.211. The van der Waals surface area contributed by atoms with Crippen LogP contribution < -0.4 is 10.6 Å². The van der Waals surface area contributed by atoms with E-state index in [1.165, 1.54) is 7.11 Å². The summed E-state index contributed by atoms with van der Waals surface area (Å²) in [4.78, 5) is 35.7. The predicted molar refractivity (Wildman–Crippen MR) is 102 cm³/mol. The van der Waals surface area contributed by atoms with Gasteiger partial charge < -0.3 is 15.4 Å². The molecule has 0 aliphatic rings. The van der Waals surface area contributed by atoms with Gasteiger partial charge in [0, 0.05) is 28.7 Å². The van der Waals surface area contributed by atoms with Crippen molar-refractivity contribution in [2.24, 2.45) is 0 Å². The zero-order valence-electron chi connectivity index (χ0n) is 14.5. The number of carbonyl (C=O) groups is 3. The average molecular weight is 419 g/mol. The van der Waals surface area contributed by atoms with Gasteiger partial charge in [0.1, 0.15) is 0 Å². The summed E-state index contributed by atoms with van der Waals surface area (Å²) in [5.41, 5.74) is 2.24. The smallest absolute Gasteiger partial charge is 0.337 e. The topological polar surface area (TPSA) is 84.5 Å². The molecule has 2 amide bonds. The number of ether oxygens (including phenoxy) is 1. The van der Waals surface area contributed by atoms with E-state index in [1.54, 1.807) is 42.5 Å². The van der Waals surface area contributed by atoms with Crippen LogP contribution in [0.15, 0.2) is 46.9 Å². The Morgan fingerprint density at radius 3 is 2.35 bits per heavy atom. The number of hydrogen-bond acceptors (Lipinski definition) is 4. The Morgan fingerprint density at radius 1 is 1.04 bits per heavy atom. The number of aryl methyl sites for hydroxylation is 1. The molecule has 0 bridgehead atoms. The molecule has 0 fully saturated rings. The van der Waals surface area contributed by atoms with Crippen molar-refractivity contribution in [2.75, 3.05) is 19.0 Å². The van der Waals surface area contributed by atoms with Crippen molar-refractivity contribution in [1.82, 2.24) is 5.32 Å². The lowest BCUT2D eigenvalue weighted by Crippen LogP contribution is -2.27. The van der Waals surface area contributed by atoms with Crippen LogP contribution in [0.1, 0.15) is 32.7 Å². The third-order valence-electron chi connectivity index (χ3n) is 3.68. The van der Waals surface area contributed by atoms with E-state index < -0.39 is 5.97 Å². The summed E-state index contributed by atoms with van der Waals surface area (Å²) in [6, 6.07) is 11.9. The van der Waals surface area contributed by atoms with Crippen LogP contribution in [0.25, 0.3) is 0 Å². The first-order chi connectivity index (χ1) is 12.4. The maximum Gasteiger partial charge on any atom is 0.337 e. The lowest BCUT2D eigenvalue weighted by molar-refractivity contribution is -0.116. The SMILES string of the molecule is COC(=O)c1ccc(C)c(NC(=O)CCNC(=O)c2ccc(Br)cc2)c1. The Kier molecular flexibility index (Phi) is 6.91. The minimum Gasteiger partial charge on any atom is -0.465 e. The lowest BCUT2D eigenvalue weighted by atomic mass is 10.1. The summed E-state index contributed by atoms with van der Waals surface area (Å²) in [6.45, 7) is 2.03. The minimum atomic E-state index is -0.470. The molecule has 0 heterocycles. The number of anilines is 1. The first kappa shape index (κ1) is 19.7. The molecule has 2 rings (SSSR count). The predicted octanol–water partition coefficient (Wildman–Crippen LogP) is 3.30. The van der Waals surface area contributed by atoms with Crippen LogP contribution in [0.3, 0.4) is 0 Å². The van der Waals surface area contributed by atoms with Gasteiger partial charge in [-0.2, -0.15) is 0 Å². The molecule has 7 heteroatoms. The molecular formula is C19H19BrN2O4. The van der Waals surface area contributed by atoms with Gasteiger partial charge in [0.2, 0.25) is 5.91 Å². The molecule has 2 aromatic carbocycles. The second-order valence-electron chi connectivity index (χ2n) is 5.58. The van der Waals surface area contributed by atoms with Gasteiger partial charge in [0.15, 0.2) is 0 Å². The van der Waals surface area contributed by atoms with Crippen molar-refractivity contribution in [3.63, 3.8) is 0 Å². The molecule has 0 aromatic heterocycles. The molecule has 0 spiro atoms. The fourth-order valence-electron chi connectivity index (χ4n) is 2.21. The summed E-state index contributed by atoms with van der Waals surface area (Å²) >= 11 is 3.31. The van der Waals surface area contributed by atoms with Gasteiger partial charge in [0.05, 0.1) is 12.7 Å². The Bertz CT molecular complexity index is 819. The molecule has 6 nitrogen and oxygen atoms in total. The molecular weight excluding hydrogens is 400 g/mol. The number of amides is 2. The van der Waals surface area contributed by atoms with E-state index in [1.807, 2.05) is 6.92 Å². The first-order valence-electron chi connectivity index (χ1n) is 7.93. The van der Waals surface area contributed by atoms with Crippen LogP contribution in [0, 0.1) is 6.92 Å². The fourth-order valence-corrected chi connectivity index (χ4v) is 2.47. The summed E-state index contributed by atoms with van der Waals surface area (Å²) in [6.07, 6.45) is 0.115. The molecule has 0 aliphatic carbocycles. The summed E-state index contributed by atoms with van der Waals surface area (Å²) in [5, 5.41) is 5.45. The maximum absolute atomic E-state index is 12.1. The zero-order chi connectivity index (χ0) is 19.1. The van der Waals surface area contributed by atoms with E-state index in [9.17, 15) is 14.4 Å². The van der Waals surface area contributed by atoms with E-state index >= 15 is 0 Å². The Morgan fingerprint density at radius 2 is 1.69 bits per heavy atom. The first-order valence-corrected chi connectivity index (χ1v) is 8.72. The standard InChI is InChI=1S/C19H19BrN2O4/c1-12-3-4-14(19(25)26-2)11-16(12)22-17(23)9-10-21-18(24)13-5-7-15(20)8-6-13/h3-8,11H,9-10H2,1-2H3,(H,21,24)(H,22,23). The molecule has 2 aromatic rings. The number of halogens is 1. The Balaban J connectivity index is 1.88. The van der Waals surface area contributed by atoms with E-state index in [-0.39, 0.29) is 24.8 Å². The molecule has 0 radical (unpaired) electrons. The van der Waals surface area contributed by atoms with E-state index in [2.05, 4.69) is 31.3 Å². The van der Waals surface area contributed by atoms with Crippen LogP contribution in [-0.4, -0.2) is 31.4 Å². The lowest BCUT2D eigenvalue weighted by Gasteiger charge is -2.10. The van der Waals surface area contributed by atoms with Crippen molar-refractivity contribution in [3.8, 4) is 0 Å². The second-order valence-corrected chi connectivity index (χ2v) is 6.50. The van der Waals surface area contributed by atoms with Gasteiger partial charge in [-0.3, -0.25) is 9.59 Å². The van der Waals surface area contributed by atoms with E-state index in [0.29, 0.717) is 16.8 Å². The number of benzene rings is 2. The highest BCUT2D eigenvalue weighted by molar-refractivity contribution is 9.10. The number of hydrogen-bond donors (Lipinski definition) is 2. The summed E-state index contributed by atoms with van der Waals surface area (Å²) in [5.74, 6) is -0.970. The van der Waals surface area contributed by atoms with Crippen LogP contribution in [0.4, 0.5) is 5.69 Å². The molecule has 0 aliphatic heterocycles. The third-order valence-corrected chi connectivity index (χ3v) is 4.21. The minimum absolute atomic E-state index is 0.115. The molecule has 0 unspecified atom stereocenters. The molecule has 0 saturated heterocycles. The van der Waals surface area contributed by atoms with Crippen molar-refractivity contribution < 1.29 is 19.1 Å². The van der Waals surface area contributed by atoms with Crippen LogP contribution >= 0.6 is 15.9 Å². The van der Waals surface area contributed by atoms with E-state index in [0.717, 1.165) is 10.0 Å². The maximum atomic E-state index is 12.1. The number of rotatable bonds is 6. The summed E-state index contributed by atoms with van der Waals surface area (Å²) < 4.78 is 5.56. The van der Waals surface area contributed by atoms with Crippen molar-refractivity contribution in [2.45, 2.75) is 13.3 Å². The highest BCUT2D eigenvalue weighted by Crippen LogP contribution is 2.18. The molecule has 0 saturated carbocycles. The van der Waals surface area contributed by atoms with Crippen molar-refractivity contribution >= 4 is 39.4 Å². The number of methoxy groups -OCH3 is 1. The van der Waals surface area contributed by atoms with Gasteiger partial charge in [-0.25, -0.2) is 4.79 Å². The summed E-state index contributed by atoms with van der Waals surface area (Å²) in [7, 11) is 1.30. The van der Waals surface area contributed by atoms with Gasteiger partial charge in [-0.15, -0.1) is 0 Å². The van der Waals surface area contributed by atoms with Crippen LogP contribution in [0.5, 0.6) is 0 Å². The molecule has 136 valence electrons. The zero-order valence-corrected chi connectivity index (χ0v) is 16.1. The molecule has 0 atom stereocenters. The number of nitrogens with one attached hydrogen (secondary N) is 2. The van der Waals surface area contributed by atoms with Gasteiger partial charge in [-0.05, 0) is 48.9 Å². The highest BCUT2D eigenvalue weighted by Gasteiger charge is 2.11. The highest BCUT2D eigenvalue weighted by atomic mass is 79.9. The monoisotopic (exact) mass is 418 g/mol. The van der Waals surface area contributed by atoms with Crippen molar-refractivity contribution in [3.05, 3.63) is 63.6 Å². The third kappa shape index (κ3) is 5.42. The number of esters is 1. The average Bonchev–Trinajstić information content (AvgIpc) is 2.63. The second kappa shape index (κ2) is 9.15. The van der Waals surface area contributed by atoms with Crippen LogP contribution in [-0.2, 0) is 9.53 Å². The largest absolute Gasteiger partial charge is 0.465 e. The Labute approximate surface area is 160 Å². The molecule has 26 heavy (non-hydrogen) atoms. The van der Waals surface area contributed by atoms with Gasteiger partial charge in [-0.1, -0.05) is 22.0 Å². The normalized spacial score (nSPS) is 10.1.